The minimum Gasteiger partial charge on any atom is -0.322 e. The highest BCUT2D eigenvalue weighted by Gasteiger charge is 2.21. The van der Waals surface area contributed by atoms with Gasteiger partial charge in [-0.15, -0.1) is 12.4 Å². The van der Waals surface area contributed by atoms with Crippen molar-refractivity contribution in [1.82, 2.24) is 9.55 Å². The van der Waals surface area contributed by atoms with E-state index in [1.165, 1.54) is 19.3 Å². The molecule has 3 rings (SSSR count). The molecule has 1 saturated carbocycles. The number of aromatic nitrogens is 2. The Morgan fingerprint density at radius 1 is 1.29 bits per heavy atom. The minimum atomic E-state index is -0.197. The van der Waals surface area contributed by atoms with Crippen LogP contribution in [0.1, 0.15) is 38.1 Å². The van der Waals surface area contributed by atoms with Gasteiger partial charge in [0, 0.05) is 6.04 Å². The van der Waals surface area contributed by atoms with Crippen LogP contribution in [0.3, 0.4) is 0 Å². The number of hydrogen-bond donors (Lipinski definition) is 2. The molecule has 6 heteroatoms. The van der Waals surface area contributed by atoms with Crippen LogP contribution in [0, 0.1) is 0 Å². The van der Waals surface area contributed by atoms with Crippen molar-refractivity contribution in [3.8, 4) is 0 Å². The third-order valence-electron chi connectivity index (χ3n) is 3.97. The van der Waals surface area contributed by atoms with Crippen molar-refractivity contribution in [2.24, 2.45) is 5.73 Å². The number of para-hydroxylation sites is 2. The lowest BCUT2D eigenvalue weighted by Crippen LogP contribution is -2.25. The molecule has 1 fully saturated rings. The van der Waals surface area contributed by atoms with E-state index in [4.69, 9.17) is 5.73 Å². The highest BCUT2D eigenvalue weighted by Crippen LogP contribution is 2.34. The monoisotopic (exact) mass is 308 g/mol. The SMILES string of the molecule is Cl.NCC(=O)Nc1nc2ccccc2n1C1CCCCC1. The van der Waals surface area contributed by atoms with Gasteiger partial charge in [-0.1, -0.05) is 31.4 Å². The number of carbonyl (C=O) groups excluding carboxylic acids is 1. The zero-order valence-corrected chi connectivity index (χ0v) is 12.7. The van der Waals surface area contributed by atoms with E-state index in [1.807, 2.05) is 18.2 Å². The van der Waals surface area contributed by atoms with Gasteiger partial charge in [0.2, 0.25) is 11.9 Å². The van der Waals surface area contributed by atoms with Crippen LogP contribution in [0.25, 0.3) is 11.0 Å². The number of benzene rings is 1. The van der Waals surface area contributed by atoms with E-state index in [0.29, 0.717) is 12.0 Å². The van der Waals surface area contributed by atoms with Crippen LogP contribution in [0.4, 0.5) is 5.95 Å². The normalized spacial score (nSPS) is 15.7. The van der Waals surface area contributed by atoms with Gasteiger partial charge >= 0.3 is 0 Å². The van der Waals surface area contributed by atoms with Gasteiger partial charge in [-0.25, -0.2) is 4.98 Å². The fourth-order valence-electron chi connectivity index (χ4n) is 3.02. The summed E-state index contributed by atoms with van der Waals surface area (Å²) in [7, 11) is 0. The first-order chi connectivity index (χ1) is 9.79. The van der Waals surface area contributed by atoms with E-state index in [9.17, 15) is 4.79 Å². The van der Waals surface area contributed by atoms with Gasteiger partial charge in [-0.2, -0.15) is 0 Å². The summed E-state index contributed by atoms with van der Waals surface area (Å²) in [5, 5.41) is 2.83. The fraction of sp³-hybridized carbons (Fsp3) is 0.467. The summed E-state index contributed by atoms with van der Waals surface area (Å²) in [6.07, 6.45) is 6.06. The third kappa shape index (κ3) is 3.19. The molecule has 1 aromatic carbocycles. The lowest BCUT2D eigenvalue weighted by Gasteiger charge is -2.25. The number of nitrogens with one attached hydrogen (secondary N) is 1. The summed E-state index contributed by atoms with van der Waals surface area (Å²) in [4.78, 5) is 16.2. The zero-order chi connectivity index (χ0) is 13.9. The molecule has 0 bridgehead atoms. The molecule has 1 aliphatic rings. The van der Waals surface area contributed by atoms with Crippen LogP contribution in [0.2, 0.25) is 0 Å². The molecule has 1 aromatic heterocycles. The molecule has 0 radical (unpaired) electrons. The summed E-state index contributed by atoms with van der Waals surface area (Å²) >= 11 is 0. The quantitative estimate of drug-likeness (QED) is 0.915. The fourth-order valence-corrected chi connectivity index (χ4v) is 3.02. The van der Waals surface area contributed by atoms with Gasteiger partial charge in [0.25, 0.3) is 0 Å². The Bertz CT molecular complexity index is 619. The first kappa shape index (κ1) is 15.8. The second-order valence-corrected chi connectivity index (χ2v) is 5.34. The molecule has 2 aromatic rings. The summed E-state index contributed by atoms with van der Waals surface area (Å²) in [6.45, 7) is -0.0200. The predicted octanol–water partition coefficient (Wildman–Crippen LogP) is 2.86. The molecule has 1 heterocycles. The molecule has 3 N–H and O–H groups in total. The maximum Gasteiger partial charge on any atom is 0.240 e. The Labute approximate surface area is 130 Å². The van der Waals surface area contributed by atoms with Gasteiger partial charge < -0.3 is 10.3 Å². The molecule has 21 heavy (non-hydrogen) atoms. The van der Waals surface area contributed by atoms with Gasteiger partial charge in [0.1, 0.15) is 0 Å². The number of imidazole rings is 1. The molecule has 0 atom stereocenters. The Morgan fingerprint density at radius 2 is 2.00 bits per heavy atom. The maximum absolute atomic E-state index is 11.6. The van der Waals surface area contributed by atoms with Crippen molar-refractivity contribution in [1.29, 1.82) is 0 Å². The lowest BCUT2D eigenvalue weighted by molar-refractivity contribution is -0.115. The summed E-state index contributed by atoms with van der Waals surface area (Å²) in [6, 6.07) is 8.44. The average molecular weight is 309 g/mol. The van der Waals surface area contributed by atoms with E-state index >= 15 is 0 Å². The van der Waals surface area contributed by atoms with Crippen LogP contribution in [0.5, 0.6) is 0 Å². The largest absolute Gasteiger partial charge is 0.322 e. The van der Waals surface area contributed by atoms with Crippen molar-refractivity contribution < 1.29 is 4.79 Å². The number of fused-ring (bicyclic) bond motifs is 1. The van der Waals surface area contributed by atoms with Gasteiger partial charge in [-0.05, 0) is 25.0 Å². The molecule has 0 spiro atoms. The number of hydrogen-bond acceptors (Lipinski definition) is 3. The maximum atomic E-state index is 11.6. The highest BCUT2D eigenvalue weighted by atomic mass is 35.5. The second kappa shape index (κ2) is 6.91. The van der Waals surface area contributed by atoms with E-state index in [0.717, 1.165) is 23.9 Å². The first-order valence-electron chi connectivity index (χ1n) is 7.26. The van der Waals surface area contributed by atoms with Crippen LogP contribution < -0.4 is 11.1 Å². The molecule has 0 saturated heterocycles. The molecule has 1 amide bonds. The smallest absolute Gasteiger partial charge is 0.240 e. The Hall–Kier alpha value is -1.59. The Kier molecular flexibility index (Phi) is 5.20. The number of halogens is 1. The van der Waals surface area contributed by atoms with Crippen molar-refractivity contribution in [3.05, 3.63) is 24.3 Å². The number of carbonyl (C=O) groups is 1. The Balaban J connectivity index is 0.00000161. The zero-order valence-electron chi connectivity index (χ0n) is 11.9. The summed E-state index contributed by atoms with van der Waals surface area (Å²) in [5.41, 5.74) is 7.40. The standard InChI is InChI=1S/C15H20N4O.ClH/c16-10-14(20)18-15-17-12-8-4-5-9-13(12)19(15)11-6-2-1-3-7-11;/h4-5,8-9,11H,1-3,6-7,10,16H2,(H,17,18,20);1H. The number of anilines is 1. The van der Waals surface area contributed by atoms with Crippen LogP contribution in [-0.4, -0.2) is 22.0 Å². The lowest BCUT2D eigenvalue weighted by atomic mass is 9.95. The highest BCUT2D eigenvalue weighted by molar-refractivity contribution is 5.92. The molecule has 5 nitrogen and oxygen atoms in total. The Morgan fingerprint density at radius 3 is 2.71 bits per heavy atom. The average Bonchev–Trinajstić information content (AvgIpc) is 2.85. The van der Waals surface area contributed by atoms with E-state index in [2.05, 4.69) is 20.9 Å². The molecule has 1 aliphatic carbocycles. The van der Waals surface area contributed by atoms with Crippen LogP contribution in [-0.2, 0) is 4.79 Å². The van der Waals surface area contributed by atoms with Gasteiger partial charge in [0.05, 0.1) is 17.6 Å². The summed E-state index contributed by atoms with van der Waals surface area (Å²) in [5.74, 6) is 0.436. The third-order valence-corrected chi connectivity index (χ3v) is 3.97. The number of nitrogens with zero attached hydrogens (tertiary/aromatic N) is 2. The first-order valence-corrected chi connectivity index (χ1v) is 7.26. The van der Waals surface area contributed by atoms with Crippen molar-refractivity contribution >= 4 is 35.3 Å². The van der Waals surface area contributed by atoms with Crippen molar-refractivity contribution in [3.63, 3.8) is 0 Å². The van der Waals surface area contributed by atoms with Gasteiger partial charge in [-0.3, -0.25) is 10.1 Å². The topological polar surface area (TPSA) is 72.9 Å². The molecular weight excluding hydrogens is 288 g/mol. The van der Waals surface area contributed by atoms with E-state index in [-0.39, 0.29) is 24.9 Å². The molecule has 0 aliphatic heterocycles. The van der Waals surface area contributed by atoms with E-state index in [1.54, 1.807) is 0 Å². The second-order valence-electron chi connectivity index (χ2n) is 5.34. The predicted molar refractivity (Wildman–Crippen MR) is 86.8 cm³/mol. The van der Waals surface area contributed by atoms with Crippen LogP contribution in [0.15, 0.2) is 24.3 Å². The van der Waals surface area contributed by atoms with Gasteiger partial charge in [0.15, 0.2) is 0 Å². The molecule has 0 unspecified atom stereocenters. The molecule has 114 valence electrons. The number of nitrogens with two attached hydrogens (primary N) is 1. The van der Waals surface area contributed by atoms with Crippen LogP contribution >= 0.6 is 12.4 Å². The van der Waals surface area contributed by atoms with Crippen molar-refractivity contribution in [2.45, 2.75) is 38.1 Å². The minimum absolute atomic E-state index is 0. The van der Waals surface area contributed by atoms with Crippen molar-refractivity contribution in [2.75, 3.05) is 11.9 Å². The molecular formula is C15H21ClN4O. The summed E-state index contributed by atoms with van der Waals surface area (Å²) < 4.78 is 2.18. The number of amides is 1. The number of rotatable bonds is 3. The van der Waals surface area contributed by atoms with E-state index < -0.39 is 0 Å².